The van der Waals surface area contributed by atoms with E-state index in [1.807, 2.05) is 6.07 Å². The van der Waals surface area contributed by atoms with Crippen LogP contribution in [0.2, 0.25) is 0 Å². The molecule has 0 amide bonds. The number of hydrogen-bond acceptors (Lipinski definition) is 2. The average Bonchev–Trinajstić information content (AvgIpc) is 2.56. The van der Waals surface area contributed by atoms with E-state index in [4.69, 9.17) is 5.11 Å². The van der Waals surface area contributed by atoms with Gasteiger partial charge in [-0.05, 0) is 12.1 Å². The lowest BCUT2D eigenvalue weighted by molar-refractivity contribution is 0.475. The van der Waals surface area contributed by atoms with Gasteiger partial charge in [-0.2, -0.15) is 5.10 Å². The second-order valence-electron chi connectivity index (χ2n) is 2.40. The van der Waals surface area contributed by atoms with Gasteiger partial charge in [0.1, 0.15) is 5.75 Å². The molecule has 3 nitrogen and oxygen atoms in total. The molecular weight excluding hydrogens is 152 g/mol. The summed E-state index contributed by atoms with van der Waals surface area (Å²) in [5, 5.41) is 13.1. The zero-order chi connectivity index (χ0) is 8.39. The summed E-state index contributed by atoms with van der Waals surface area (Å²) < 4.78 is 1.64. The molecule has 1 heterocycles. The lowest BCUT2D eigenvalue weighted by Gasteiger charge is -2.00. The molecule has 0 saturated carbocycles. The predicted molar refractivity (Wildman–Crippen MR) is 44.1 cm³/mol. The van der Waals surface area contributed by atoms with Crippen LogP contribution in [0.15, 0.2) is 36.7 Å². The van der Waals surface area contributed by atoms with Crippen LogP contribution in [0.3, 0.4) is 0 Å². The number of rotatable bonds is 1. The number of phenols is 1. The minimum Gasteiger partial charge on any atom is -0.508 e. The number of aromatic nitrogens is 2. The fourth-order valence-corrected chi connectivity index (χ4v) is 1.01. The first kappa shape index (κ1) is 6.91. The van der Waals surface area contributed by atoms with Gasteiger partial charge in [-0.3, -0.25) is 0 Å². The van der Waals surface area contributed by atoms with Gasteiger partial charge >= 0.3 is 0 Å². The highest BCUT2D eigenvalue weighted by atomic mass is 16.3. The molecule has 0 unspecified atom stereocenters. The van der Waals surface area contributed by atoms with Gasteiger partial charge in [0.15, 0.2) is 0 Å². The fourth-order valence-electron chi connectivity index (χ4n) is 1.01. The molecule has 0 saturated heterocycles. The summed E-state index contributed by atoms with van der Waals surface area (Å²) in [6.45, 7) is 0. The van der Waals surface area contributed by atoms with Crippen molar-refractivity contribution in [1.82, 2.24) is 9.78 Å². The Kier molecular flexibility index (Phi) is 1.55. The van der Waals surface area contributed by atoms with E-state index in [0.717, 1.165) is 5.69 Å². The fraction of sp³-hybridized carbons (Fsp3) is 0. The van der Waals surface area contributed by atoms with E-state index in [9.17, 15) is 0 Å². The van der Waals surface area contributed by atoms with E-state index in [0.29, 0.717) is 0 Å². The largest absolute Gasteiger partial charge is 0.508 e. The summed E-state index contributed by atoms with van der Waals surface area (Å²) >= 11 is 0. The predicted octanol–water partition coefficient (Wildman–Crippen LogP) is 1.38. The molecule has 2 aromatic rings. The minimum absolute atomic E-state index is 0.239. The maximum atomic E-state index is 9.16. The Morgan fingerprint density at radius 1 is 1.42 bits per heavy atom. The smallest absolute Gasteiger partial charge is 0.117 e. The van der Waals surface area contributed by atoms with E-state index in [-0.39, 0.29) is 5.75 Å². The first-order valence-corrected chi connectivity index (χ1v) is 3.56. The van der Waals surface area contributed by atoms with Crippen LogP contribution >= 0.6 is 0 Å². The van der Waals surface area contributed by atoms with Crippen LogP contribution in [0.25, 0.3) is 5.69 Å². The van der Waals surface area contributed by atoms with Gasteiger partial charge in [0.25, 0.3) is 0 Å². The lowest BCUT2D eigenvalue weighted by atomic mass is 10.3. The zero-order valence-electron chi connectivity index (χ0n) is 6.31. The summed E-state index contributed by atoms with van der Waals surface area (Å²) in [5.41, 5.74) is 0.830. The normalized spacial score (nSPS) is 10.0. The highest BCUT2D eigenvalue weighted by Gasteiger charge is 1.95. The molecular formula is C9H7N2O. The van der Waals surface area contributed by atoms with Crippen molar-refractivity contribution in [2.24, 2.45) is 0 Å². The van der Waals surface area contributed by atoms with Crippen LogP contribution in [0, 0.1) is 6.07 Å². The molecule has 1 aromatic heterocycles. The van der Waals surface area contributed by atoms with E-state index in [1.165, 1.54) is 0 Å². The molecule has 1 radical (unpaired) electrons. The molecule has 0 bridgehead atoms. The third-order valence-corrected chi connectivity index (χ3v) is 1.55. The van der Waals surface area contributed by atoms with Crippen molar-refractivity contribution in [2.75, 3.05) is 0 Å². The molecule has 59 valence electrons. The highest BCUT2D eigenvalue weighted by Crippen LogP contribution is 2.13. The molecule has 3 heteroatoms. The summed E-state index contributed by atoms with van der Waals surface area (Å²) in [7, 11) is 0. The summed E-state index contributed by atoms with van der Waals surface area (Å²) in [4.78, 5) is 0. The lowest BCUT2D eigenvalue weighted by Crippen LogP contribution is -1.92. The minimum atomic E-state index is 0.239. The molecule has 0 aliphatic carbocycles. The highest BCUT2D eigenvalue weighted by molar-refractivity contribution is 5.37. The van der Waals surface area contributed by atoms with Crippen LogP contribution in [0.1, 0.15) is 0 Å². The van der Waals surface area contributed by atoms with Gasteiger partial charge in [-0.15, -0.1) is 0 Å². The molecule has 0 atom stereocenters. The second-order valence-corrected chi connectivity index (χ2v) is 2.40. The van der Waals surface area contributed by atoms with Gasteiger partial charge in [0.2, 0.25) is 0 Å². The van der Waals surface area contributed by atoms with E-state index < -0.39 is 0 Å². The third-order valence-electron chi connectivity index (χ3n) is 1.55. The van der Waals surface area contributed by atoms with Crippen molar-refractivity contribution in [1.29, 1.82) is 0 Å². The molecule has 0 aliphatic rings. The van der Waals surface area contributed by atoms with Crippen LogP contribution < -0.4 is 0 Å². The molecule has 1 aromatic carbocycles. The Morgan fingerprint density at radius 3 is 3.00 bits per heavy atom. The van der Waals surface area contributed by atoms with Crippen LogP contribution in [0.5, 0.6) is 5.75 Å². The van der Waals surface area contributed by atoms with Crippen molar-refractivity contribution < 1.29 is 5.11 Å². The van der Waals surface area contributed by atoms with Gasteiger partial charge in [0, 0.05) is 18.3 Å². The van der Waals surface area contributed by atoms with Crippen molar-refractivity contribution in [3.05, 3.63) is 42.7 Å². The van der Waals surface area contributed by atoms with Gasteiger partial charge in [-0.25, -0.2) is 4.68 Å². The molecule has 0 spiro atoms. The number of nitrogens with zero attached hydrogens (tertiary/aromatic N) is 2. The molecule has 12 heavy (non-hydrogen) atoms. The van der Waals surface area contributed by atoms with Crippen molar-refractivity contribution in [2.45, 2.75) is 0 Å². The topological polar surface area (TPSA) is 38.0 Å². The van der Waals surface area contributed by atoms with Crippen molar-refractivity contribution in [3.8, 4) is 11.4 Å². The maximum absolute atomic E-state index is 9.16. The summed E-state index contributed by atoms with van der Waals surface area (Å²) in [5.74, 6) is 0.239. The Morgan fingerprint density at radius 2 is 2.33 bits per heavy atom. The average molecular weight is 159 g/mol. The van der Waals surface area contributed by atoms with E-state index in [1.54, 1.807) is 35.3 Å². The van der Waals surface area contributed by atoms with E-state index in [2.05, 4.69) is 11.2 Å². The first-order valence-electron chi connectivity index (χ1n) is 3.56. The van der Waals surface area contributed by atoms with Crippen LogP contribution in [-0.4, -0.2) is 14.9 Å². The third kappa shape index (κ3) is 1.16. The zero-order valence-corrected chi connectivity index (χ0v) is 6.31. The number of aromatic hydroxyl groups is 1. The molecule has 0 fully saturated rings. The van der Waals surface area contributed by atoms with Crippen molar-refractivity contribution in [3.63, 3.8) is 0 Å². The summed E-state index contributed by atoms with van der Waals surface area (Å²) in [6.07, 6.45) is 3.28. The first-order chi connectivity index (χ1) is 5.86. The Balaban J connectivity index is 2.48. The van der Waals surface area contributed by atoms with Gasteiger partial charge < -0.3 is 5.11 Å². The standard InChI is InChI=1S/C9H7N2O/c12-9-4-1-3-8(7-9)11-6-2-5-10-11/h1,3-7,12H. The Hall–Kier alpha value is -1.77. The quantitative estimate of drug-likeness (QED) is 0.682. The summed E-state index contributed by atoms with van der Waals surface area (Å²) in [6, 6.07) is 9.71. The monoisotopic (exact) mass is 159 g/mol. The van der Waals surface area contributed by atoms with Crippen molar-refractivity contribution >= 4 is 0 Å². The maximum Gasteiger partial charge on any atom is 0.117 e. The van der Waals surface area contributed by atoms with Crippen LogP contribution in [-0.2, 0) is 0 Å². The van der Waals surface area contributed by atoms with Gasteiger partial charge in [0.05, 0.1) is 11.9 Å². The second kappa shape index (κ2) is 2.70. The van der Waals surface area contributed by atoms with Crippen LogP contribution in [0.4, 0.5) is 0 Å². The number of benzene rings is 1. The number of phenolic OH excluding ortho intramolecular Hbond substituents is 1. The number of hydrogen-bond donors (Lipinski definition) is 1. The van der Waals surface area contributed by atoms with E-state index >= 15 is 0 Å². The Bertz CT molecular complexity index is 368. The van der Waals surface area contributed by atoms with Gasteiger partial charge in [-0.1, -0.05) is 6.07 Å². The molecule has 0 aliphatic heterocycles. The molecule has 2 rings (SSSR count). The SMILES string of the molecule is Oc1cccc(-n2c[c]cn2)c1. The Labute approximate surface area is 69.9 Å². The molecule has 1 N–H and O–H groups in total.